The predicted octanol–water partition coefficient (Wildman–Crippen LogP) is 2.92. The molecule has 0 spiro atoms. The molecule has 70 valence electrons. The first-order chi connectivity index (χ1) is 6.27. The van der Waals surface area contributed by atoms with Crippen molar-refractivity contribution in [2.45, 2.75) is 13.0 Å². The predicted molar refractivity (Wildman–Crippen MR) is 52.7 cm³/mol. The normalized spacial score (nSPS) is 11.8. The van der Waals surface area contributed by atoms with E-state index in [0.29, 0.717) is 0 Å². The quantitative estimate of drug-likeness (QED) is 0.660. The lowest BCUT2D eigenvalue weighted by molar-refractivity contribution is 0.165. The molecule has 1 atom stereocenters. The third-order valence-electron chi connectivity index (χ3n) is 1.89. The first-order valence-corrected chi connectivity index (χ1v) is 4.18. The molecular formula is C11H14O2. The number of rotatable bonds is 4. The summed E-state index contributed by atoms with van der Waals surface area (Å²) in [4.78, 5) is 0. The third kappa shape index (κ3) is 2.51. The van der Waals surface area contributed by atoms with E-state index in [1.165, 1.54) is 6.26 Å². The van der Waals surface area contributed by atoms with E-state index < -0.39 is 0 Å². The smallest absolute Gasteiger partial charge is 0.120 e. The fourth-order valence-corrected chi connectivity index (χ4v) is 1.10. The van der Waals surface area contributed by atoms with Crippen molar-refractivity contribution in [2.75, 3.05) is 7.11 Å². The molecule has 0 aliphatic rings. The van der Waals surface area contributed by atoms with Gasteiger partial charge in [0.1, 0.15) is 11.9 Å². The number of ether oxygens (including phenoxy) is 2. The van der Waals surface area contributed by atoms with Crippen molar-refractivity contribution in [1.82, 2.24) is 0 Å². The second-order valence-corrected chi connectivity index (χ2v) is 2.72. The molecule has 0 saturated heterocycles. The van der Waals surface area contributed by atoms with Crippen LogP contribution in [-0.2, 0) is 4.74 Å². The van der Waals surface area contributed by atoms with E-state index in [-0.39, 0.29) is 6.10 Å². The van der Waals surface area contributed by atoms with Gasteiger partial charge in [0.05, 0.1) is 13.4 Å². The molecule has 0 saturated carbocycles. The Balaban J connectivity index is 2.73. The maximum absolute atomic E-state index is 5.22. The van der Waals surface area contributed by atoms with Crippen molar-refractivity contribution < 1.29 is 9.47 Å². The minimum Gasteiger partial charge on any atom is -0.497 e. The molecule has 0 fully saturated rings. The van der Waals surface area contributed by atoms with Crippen LogP contribution >= 0.6 is 0 Å². The molecule has 1 unspecified atom stereocenters. The van der Waals surface area contributed by atoms with Gasteiger partial charge in [0.2, 0.25) is 0 Å². The van der Waals surface area contributed by atoms with E-state index in [4.69, 9.17) is 9.47 Å². The number of hydrogen-bond acceptors (Lipinski definition) is 2. The molecule has 0 aliphatic heterocycles. The van der Waals surface area contributed by atoms with Gasteiger partial charge in [-0.2, -0.15) is 0 Å². The summed E-state index contributed by atoms with van der Waals surface area (Å²) in [6, 6.07) is 7.79. The van der Waals surface area contributed by atoms with Gasteiger partial charge in [-0.15, -0.1) is 0 Å². The Labute approximate surface area is 78.8 Å². The molecule has 2 nitrogen and oxygen atoms in total. The Morgan fingerprint density at radius 3 is 2.38 bits per heavy atom. The van der Waals surface area contributed by atoms with Crippen LogP contribution in [0.3, 0.4) is 0 Å². The molecule has 13 heavy (non-hydrogen) atoms. The molecule has 0 aliphatic carbocycles. The number of methoxy groups -OCH3 is 1. The Kier molecular flexibility index (Phi) is 3.38. The lowest BCUT2D eigenvalue weighted by Crippen LogP contribution is -1.94. The van der Waals surface area contributed by atoms with Gasteiger partial charge in [0.15, 0.2) is 0 Å². The second-order valence-electron chi connectivity index (χ2n) is 2.72. The molecule has 0 radical (unpaired) electrons. The first-order valence-electron chi connectivity index (χ1n) is 4.18. The van der Waals surface area contributed by atoms with Crippen LogP contribution in [0.4, 0.5) is 0 Å². The Morgan fingerprint density at radius 2 is 1.92 bits per heavy atom. The highest BCUT2D eigenvalue weighted by atomic mass is 16.5. The van der Waals surface area contributed by atoms with Gasteiger partial charge in [-0.1, -0.05) is 18.7 Å². The summed E-state index contributed by atoms with van der Waals surface area (Å²) < 4.78 is 10.3. The minimum atomic E-state index is 0.0448. The van der Waals surface area contributed by atoms with Gasteiger partial charge in [0, 0.05) is 0 Å². The van der Waals surface area contributed by atoms with Gasteiger partial charge in [0.25, 0.3) is 0 Å². The highest BCUT2D eigenvalue weighted by Crippen LogP contribution is 2.19. The number of hydrogen-bond donors (Lipinski definition) is 0. The van der Waals surface area contributed by atoms with Gasteiger partial charge in [-0.3, -0.25) is 0 Å². The van der Waals surface area contributed by atoms with Crippen LogP contribution < -0.4 is 4.74 Å². The topological polar surface area (TPSA) is 18.5 Å². The fourth-order valence-electron chi connectivity index (χ4n) is 1.10. The van der Waals surface area contributed by atoms with Gasteiger partial charge in [-0.25, -0.2) is 0 Å². The lowest BCUT2D eigenvalue weighted by Gasteiger charge is -2.11. The zero-order valence-corrected chi connectivity index (χ0v) is 7.99. The van der Waals surface area contributed by atoms with Crippen molar-refractivity contribution in [3.8, 4) is 5.75 Å². The average Bonchev–Trinajstić information content (AvgIpc) is 2.18. The molecule has 2 heteroatoms. The van der Waals surface area contributed by atoms with E-state index in [1.807, 2.05) is 31.2 Å². The highest BCUT2D eigenvalue weighted by molar-refractivity contribution is 5.28. The molecular weight excluding hydrogens is 164 g/mol. The van der Waals surface area contributed by atoms with Crippen molar-refractivity contribution in [3.63, 3.8) is 0 Å². The van der Waals surface area contributed by atoms with E-state index in [9.17, 15) is 0 Å². The van der Waals surface area contributed by atoms with Gasteiger partial charge < -0.3 is 9.47 Å². The van der Waals surface area contributed by atoms with E-state index in [0.717, 1.165) is 11.3 Å². The van der Waals surface area contributed by atoms with Crippen molar-refractivity contribution in [2.24, 2.45) is 0 Å². The van der Waals surface area contributed by atoms with E-state index in [2.05, 4.69) is 6.58 Å². The zero-order chi connectivity index (χ0) is 9.68. The fraction of sp³-hybridized carbons (Fsp3) is 0.273. The monoisotopic (exact) mass is 178 g/mol. The minimum absolute atomic E-state index is 0.0448. The Hall–Kier alpha value is -1.44. The van der Waals surface area contributed by atoms with Crippen LogP contribution in [0.25, 0.3) is 0 Å². The van der Waals surface area contributed by atoms with Gasteiger partial charge in [-0.05, 0) is 24.6 Å². The maximum atomic E-state index is 5.22. The summed E-state index contributed by atoms with van der Waals surface area (Å²) in [6.07, 6.45) is 1.50. The molecule has 1 rings (SSSR count). The molecule has 0 heterocycles. The zero-order valence-electron chi connectivity index (χ0n) is 7.99. The van der Waals surface area contributed by atoms with E-state index >= 15 is 0 Å². The standard InChI is InChI=1S/C11H14O2/c1-4-13-9(2)10-5-7-11(12-3)8-6-10/h4-9H,1H2,2-3H3. The molecule has 1 aromatic carbocycles. The summed E-state index contributed by atoms with van der Waals surface area (Å²) in [6.45, 7) is 5.49. The largest absolute Gasteiger partial charge is 0.497 e. The Bertz CT molecular complexity index is 264. The third-order valence-corrected chi connectivity index (χ3v) is 1.89. The van der Waals surface area contributed by atoms with Crippen LogP contribution in [0.1, 0.15) is 18.6 Å². The summed E-state index contributed by atoms with van der Waals surface area (Å²) >= 11 is 0. The van der Waals surface area contributed by atoms with Crippen LogP contribution in [0.15, 0.2) is 37.1 Å². The SMILES string of the molecule is C=COC(C)c1ccc(OC)cc1. The van der Waals surface area contributed by atoms with Crippen LogP contribution in [0.2, 0.25) is 0 Å². The Morgan fingerprint density at radius 1 is 1.31 bits per heavy atom. The van der Waals surface area contributed by atoms with Crippen molar-refractivity contribution in [1.29, 1.82) is 0 Å². The van der Waals surface area contributed by atoms with Crippen molar-refractivity contribution >= 4 is 0 Å². The summed E-state index contributed by atoms with van der Waals surface area (Å²) in [5.41, 5.74) is 1.11. The van der Waals surface area contributed by atoms with Crippen molar-refractivity contribution in [3.05, 3.63) is 42.7 Å². The average molecular weight is 178 g/mol. The molecule has 0 aromatic heterocycles. The molecule has 0 bridgehead atoms. The first kappa shape index (κ1) is 9.65. The molecule has 1 aromatic rings. The van der Waals surface area contributed by atoms with Crippen LogP contribution in [0, 0.1) is 0 Å². The maximum Gasteiger partial charge on any atom is 0.120 e. The highest BCUT2D eigenvalue weighted by Gasteiger charge is 2.03. The van der Waals surface area contributed by atoms with Gasteiger partial charge >= 0.3 is 0 Å². The lowest BCUT2D eigenvalue weighted by atomic mass is 10.1. The summed E-state index contributed by atoms with van der Waals surface area (Å²) in [5.74, 6) is 0.856. The summed E-state index contributed by atoms with van der Waals surface area (Å²) in [5, 5.41) is 0. The molecule has 0 amide bonds. The van der Waals surface area contributed by atoms with Crippen LogP contribution in [-0.4, -0.2) is 7.11 Å². The second kappa shape index (κ2) is 4.55. The summed E-state index contributed by atoms with van der Waals surface area (Å²) in [7, 11) is 1.65. The number of benzene rings is 1. The van der Waals surface area contributed by atoms with E-state index in [1.54, 1.807) is 7.11 Å². The molecule has 0 N–H and O–H groups in total. The van der Waals surface area contributed by atoms with Crippen LogP contribution in [0.5, 0.6) is 5.75 Å².